The molecule has 8 nitrogen and oxygen atoms in total. The number of hydrogen-bond acceptors (Lipinski definition) is 8. The van der Waals surface area contributed by atoms with Gasteiger partial charge < -0.3 is 14.4 Å². The molecule has 0 saturated carbocycles. The van der Waals surface area contributed by atoms with Crippen molar-refractivity contribution in [2.75, 3.05) is 0 Å². The average molecular weight is 801 g/mol. The number of carbonyl (C=O) groups excluding carboxylic acids is 8. The van der Waals surface area contributed by atoms with Gasteiger partial charge in [-0.1, -0.05) is 124 Å². The van der Waals surface area contributed by atoms with Gasteiger partial charge in [-0.15, -0.1) is 0 Å². The van der Waals surface area contributed by atoms with E-state index in [2.05, 4.69) is 13.8 Å². The molecule has 0 aromatic carbocycles. The molecule has 0 aliphatic heterocycles. The third-order valence-corrected chi connectivity index (χ3v) is 7.21. The maximum atomic E-state index is 11.0. The Morgan fingerprint density at radius 2 is 0.661 bits per heavy atom. The van der Waals surface area contributed by atoms with Crippen molar-refractivity contribution in [1.29, 1.82) is 0 Å². The fraction of sp³-hybridized carbons (Fsp3) is 0.833. The summed E-state index contributed by atoms with van der Waals surface area (Å²) in [7, 11) is 0. The average Bonchev–Trinajstić information content (AvgIpc) is 3.10. The summed E-state index contributed by atoms with van der Waals surface area (Å²) in [6.45, 7) is 37.9. The van der Waals surface area contributed by atoms with Crippen molar-refractivity contribution >= 4 is 46.3 Å². The lowest BCUT2D eigenvalue weighted by atomic mass is 9.99. The first-order chi connectivity index (χ1) is 25.8. The second-order valence-electron chi connectivity index (χ2n) is 15.3. The number of unbranched alkanes of at least 4 members (excludes halogenated alkanes) is 2. The molecule has 0 N–H and O–H groups in total. The standard InChI is InChI=1S/C9H18O.2C7H14O.C6H12O.3C5H10O.C4H8O/c1-3-5-7-9(10)8-6-4-2;1-5(2)7(8)6(3)4;1-3-5-7(8)6-4-2;1-5(2)4-6(3)7;1-4(2)5(3)6;1-3-4-5(2)6;1-3-5(6)4-2;1-3-4(2)5/h3-8H2,1-2H3;5-6H,1-4H3;3-6H2,1-2H3;5H,4H2,1-3H3;4H,1-3H3;2*3-4H2,1-2H3;3H2,1-2H3. The summed E-state index contributed by atoms with van der Waals surface area (Å²) in [4.78, 5) is 82.9. The monoisotopic (exact) mass is 801 g/mol. The highest BCUT2D eigenvalue weighted by molar-refractivity contribution is 5.82. The first-order valence-corrected chi connectivity index (χ1v) is 21.9. The molecule has 0 saturated heterocycles. The van der Waals surface area contributed by atoms with Crippen LogP contribution in [0.2, 0.25) is 0 Å². The zero-order chi connectivity index (χ0) is 46.2. The Morgan fingerprint density at radius 1 is 0.357 bits per heavy atom. The van der Waals surface area contributed by atoms with Crippen LogP contribution in [0.25, 0.3) is 0 Å². The van der Waals surface area contributed by atoms with Crippen molar-refractivity contribution in [3.8, 4) is 0 Å². The first-order valence-electron chi connectivity index (χ1n) is 21.9. The molecule has 0 aliphatic carbocycles. The molecular weight excluding hydrogens is 705 g/mol. The van der Waals surface area contributed by atoms with Crippen LogP contribution in [0.3, 0.4) is 0 Å². The van der Waals surface area contributed by atoms with Crippen LogP contribution in [0.15, 0.2) is 0 Å². The van der Waals surface area contributed by atoms with Gasteiger partial charge >= 0.3 is 0 Å². The van der Waals surface area contributed by atoms with Crippen LogP contribution in [-0.4, -0.2) is 46.3 Å². The summed E-state index contributed by atoms with van der Waals surface area (Å²) in [6, 6.07) is 0. The SMILES string of the molecule is CC(=O)C(C)C.CC(=O)CC(C)C.CC(C)C(=O)C(C)C.CCC(=O)CC.CCC(C)=O.CCCC(=O)CCC.CCCC(C)=O.CCCCC(=O)CCCC. The predicted octanol–water partition coefficient (Wildman–Crippen LogP) is 13.5. The highest BCUT2D eigenvalue weighted by atomic mass is 16.1. The Kier molecular flexibility index (Phi) is 72.0. The summed E-state index contributed by atoms with van der Waals surface area (Å²) in [5.74, 6) is 3.79. The highest BCUT2D eigenvalue weighted by Crippen LogP contribution is 2.04. The van der Waals surface area contributed by atoms with Crippen molar-refractivity contribution in [3.63, 3.8) is 0 Å². The van der Waals surface area contributed by atoms with Gasteiger partial charge in [0, 0.05) is 75.5 Å². The van der Waals surface area contributed by atoms with E-state index in [9.17, 15) is 38.4 Å². The first kappa shape index (κ1) is 71.1. The molecule has 0 aliphatic rings. The molecular formula is C48H96O8. The van der Waals surface area contributed by atoms with Crippen LogP contribution in [-0.2, 0) is 38.4 Å². The van der Waals surface area contributed by atoms with Crippen LogP contribution in [0.5, 0.6) is 0 Å². The maximum absolute atomic E-state index is 11.0. The Hall–Kier alpha value is -2.64. The molecule has 0 atom stereocenters. The molecule has 0 unspecified atom stereocenters. The van der Waals surface area contributed by atoms with Crippen LogP contribution < -0.4 is 0 Å². The fourth-order valence-electron chi connectivity index (χ4n) is 3.40. The zero-order valence-electron chi connectivity index (χ0n) is 40.9. The third kappa shape index (κ3) is 98.5. The summed E-state index contributed by atoms with van der Waals surface area (Å²) >= 11 is 0. The molecule has 0 rings (SSSR count). The molecule has 0 aromatic heterocycles. The lowest BCUT2D eigenvalue weighted by Crippen LogP contribution is -2.13. The van der Waals surface area contributed by atoms with E-state index >= 15 is 0 Å². The molecule has 8 heteroatoms. The van der Waals surface area contributed by atoms with Gasteiger partial charge in [0.1, 0.15) is 46.3 Å². The minimum atomic E-state index is 0.204. The molecule has 0 radical (unpaired) electrons. The van der Waals surface area contributed by atoms with Gasteiger partial charge in [-0.3, -0.25) is 24.0 Å². The minimum absolute atomic E-state index is 0.204. The molecule has 336 valence electrons. The van der Waals surface area contributed by atoms with Crippen LogP contribution in [0, 0.1) is 23.7 Å². The smallest absolute Gasteiger partial charge is 0.137 e. The molecule has 0 bridgehead atoms. The molecule has 0 amide bonds. The normalized spacial score (nSPS) is 9.29. The van der Waals surface area contributed by atoms with E-state index in [1.54, 1.807) is 27.7 Å². The van der Waals surface area contributed by atoms with Crippen molar-refractivity contribution in [2.24, 2.45) is 23.7 Å². The number of hydrogen-bond donors (Lipinski definition) is 0. The lowest BCUT2D eigenvalue weighted by molar-refractivity contribution is -0.125. The number of Topliss-reactive ketones (excluding diaryl/α,β-unsaturated/α-hetero) is 8. The number of ketones is 8. The van der Waals surface area contributed by atoms with E-state index in [4.69, 9.17) is 0 Å². The van der Waals surface area contributed by atoms with Gasteiger partial charge in [-0.2, -0.15) is 0 Å². The van der Waals surface area contributed by atoms with Gasteiger partial charge in [-0.25, -0.2) is 0 Å². The van der Waals surface area contributed by atoms with E-state index in [0.29, 0.717) is 48.3 Å². The minimum Gasteiger partial charge on any atom is -0.300 e. The Morgan fingerprint density at radius 3 is 0.750 bits per heavy atom. The van der Waals surface area contributed by atoms with Crippen LogP contribution >= 0.6 is 0 Å². The highest BCUT2D eigenvalue weighted by Gasteiger charge is 2.10. The summed E-state index contributed by atoms with van der Waals surface area (Å²) < 4.78 is 0. The second kappa shape index (κ2) is 56.7. The summed E-state index contributed by atoms with van der Waals surface area (Å²) in [5, 5.41) is 0. The number of carbonyl (C=O) groups is 8. The second-order valence-corrected chi connectivity index (χ2v) is 15.3. The Bertz CT molecular complexity index is 907. The predicted molar refractivity (Wildman–Crippen MR) is 241 cm³/mol. The molecule has 56 heavy (non-hydrogen) atoms. The van der Waals surface area contributed by atoms with Crippen molar-refractivity contribution < 1.29 is 38.4 Å². The largest absolute Gasteiger partial charge is 0.300 e. The van der Waals surface area contributed by atoms with E-state index in [-0.39, 0.29) is 40.9 Å². The number of rotatable bonds is 20. The van der Waals surface area contributed by atoms with E-state index in [1.165, 1.54) is 0 Å². The van der Waals surface area contributed by atoms with Crippen molar-refractivity contribution in [1.82, 2.24) is 0 Å². The fourth-order valence-corrected chi connectivity index (χ4v) is 3.40. The van der Waals surface area contributed by atoms with Gasteiger partial charge in [0.25, 0.3) is 0 Å². The van der Waals surface area contributed by atoms with Crippen molar-refractivity contribution in [3.05, 3.63) is 0 Å². The van der Waals surface area contributed by atoms with Gasteiger partial charge in [-0.05, 0) is 65.7 Å². The third-order valence-electron chi connectivity index (χ3n) is 7.21. The summed E-state index contributed by atoms with van der Waals surface area (Å²) in [6.07, 6.45) is 14.1. The maximum Gasteiger partial charge on any atom is 0.137 e. The van der Waals surface area contributed by atoms with Gasteiger partial charge in [0.2, 0.25) is 0 Å². The van der Waals surface area contributed by atoms with E-state index < -0.39 is 0 Å². The van der Waals surface area contributed by atoms with Crippen molar-refractivity contribution in [2.45, 2.75) is 241 Å². The Labute approximate surface area is 348 Å². The zero-order valence-corrected chi connectivity index (χ0v) is 40.9. The van der Waals surface area contributed by atoms with Gasteiger partial charge in [0.15, 0.2) is 0 Å². The van der Waals surface area contributed by atoms with E-state index in [1.807, 2.05) is 96.9 Å². The quantitative estimate of drug-likeness (QED) is 0.119. The van der Waals surface area contributed by atoms with E-state index in [0.717, 1.165) is 83.5 Å². The molecule has 0 heterocycles. The summed E-state index contributed by atoms with van der Waals surface area (Å²) in [5.41, 5.74) is 0. The molecule has 0 aromatic rings. The van der Waals surface area contributed by atoms with Gasteiger partial charge in [0.05, 0.1) is 0 Å². The Balaban J connectivity index is -0.0000000791. The molecule has 0 spiro atoms. The topological polar surface area (TPSA) is 137 Å². The molecule has 0 fully saturated rings. The van der Waals surface area contributed by atoms with Crippen LogP contribution in [0.1, 0.15) is 241 Å². The van der Waals surface area contributed by atoms with Crippen LogP contribution in [0.4, 0.5) is 0 Å². The lowest BCUT2D eigenvalue weighted by Gasteiger charge is -2.05.